The van der Waals surface area contributed by atoms with Gasteiger partial charge in [0.2, 0.25) is 0 Å². The van der Waals surface area contributed by atoms with Crippen LogP contribution in [0.25, 0.3) is 0 Å². The summed E-state index contributed by atoms with van der Waals surface area (Å²) in [6.07, 6.45) is 10.1. The van der Waals surface area contributed by atoms with Gasteiger partial charge in [-0.1, -0.05) is 53.4 Å². The van der Waals surface area contributed by atoms with Crippen molar-refractivity contribution in [3.8, 4) is 0 Å². The molecule has 0 aliphatic heterocycles. The largest absolute Gasteiger partial charge is 0.0654 e. The minimum atomic E-state index is 0.743. The molecule has 1 fully saturated rings. The van der Waals surface area contributed by atoms with E-state index in [1.165, 1.54) is 44.9 Å². The molecule has 1 rings (SSSR count). The van der Waals surface area contributed by atoms with Crippen LogP contribution in [-0.4, -0.2) is 0 Å². The van der Waals surface area contributed by atoms with Crippen molar-refractivity contribution in [2.24, 2.45) is 17.3 Å². The molecule has 3 atom stereocenters. The van der Waals surface area contributed by atoms with Crippen molar-refractivity contribution in [1.29, 1.82) is 0 Å². The minimum absolute atomic E-state index is 0.743. The maximum absolute atomic E-state index is 2.46. The van der Waals surface area contributed by atoms with Crippen LogP contribution in [0.15, 0.2) is 0 Å². The highest BCUT2D eigenvalue weighted by Gasteiger charge is 2.42. The summed E-state index contributed by atoms with van der Waals surface area (Å²) in [6, 6.07) is 0. The molecule has 3 unspecified atom stereocenters. The molecule has 0 spiro atoms. The summed E-state index contributed by atoms with van der Waals surface area (Å²) < 4.78 is 0. The van der Waals surface area contributed by atoms with Crippen LogP contribution in [0.4, 0.5) is 0 Å². The van der Waals surface area contributed by atoms with Crippen LogP contribution >= 0.6 is 0 Å². The molecule has 0 radical (unpaired) electrons. The SMILES string of the molecule is CCCCC(C)CC1(CC)CCC1C. The second kappa shape index (κ2) is 5.19. The highest BCUT2D eigenvalue weighted by molar-refractivity contribution is 4.93. The van der Waals surface area contributed by atoms with Crippen LogP contribution in [0.5, 0.6) is 0 Å². The van der Waals surface area contributed by atoms with E-state index < -0.39 is 0 Å². The van der Waals surface area contributed by atoms with Crippen molar-refractivity contribution in [2.75, 3.05) is 0 Å². The average Bonchev–Trinajstić information content (AvgIpc) is 2.20. The van der Waals surface area contributed by atoms with E-state index in [0.29, 0.717) is 0 Å². The Morgan fingerprint density at radius 2 is 2.07 bits per heavy atom. The van der Waals surface area contributed by atoms with Gasteiger partial charge in [0.1, 0.15) is 0 Å². The van der Waals surface area contributed by atoms with E-state index in [1.807, 2.05) is 0 Å². The molecular weight excluding hydrogens is 168 g/mol. The molecule has 1 aliphatic carbocycles. The molecule has 0 heteroatoms. The Bertz CT molecular complexity index is 157. The molecule has 0 nitrogen and oxygen atoms in total. The molecule has 0 saturated heterocycles. The second-order valence-corrected chi connectivity index (χ2v) is 5.61. The molecule has 0 amide bonds. The molecule has 0 heterocycles. The Kier molecular flexibility index (Phi) is 4.47. The monoisotopic (exact) mass is 196 g/mol. The first-order chi connectivity index (χ1) is 6.64. The third kappa shape index (κ3) is 2.52. The third-order valence-electron chi connectivity index (χ3n) is 4.63. The van der Waals surface area contributed by atoms with Gasteiger partial charge in [0.25, 0.3) is 0 Å². The van der Waals surface area contributed by atoms with Crippen molar-refractivity contribution in [3.05, 3.63) is 0 Å². The Balaban J connectivity index is 2.33. The van der Waals surface area contributed by atoms with E-state index in [9.17, 15) is 0 Å². The average molecular weight is 196 g/mol. The van der Waals surface area contributed by atoms with Gasteiger partial charge in [0.05, 0.1) is 0 Å². The smallest absolute Gasteiger partial charge is 0.0272 e. The van der Waals surface area contributed by atoms with Crippen molar-refractivity contribution in [2.45, 2.75) is 72.6 Å². The van der Waals surface area contributed by atoms with Gasteiger partial charge < -0.3 is 0 Å². The van der Waals surface area contributed by atoms with Crippen LogP contribution in [-0.2, 0) is 0 Å². The minimum Gasteiger partial charge on any atom is -0.0654 e. The lowest BCUT2D eigenvalue weighted by molar-refractivity contribution is 0.0122. The van der Waals surface area contributed by atoms with Gasteiger partial charge in [-0.05, 0) is 36.5 Å². The van der Waals surface area contributed by atoms with Crippen molar-refractivity contribution in [3.63, 3.8) is 0 Å². The lowest BCUT2D eigenvalue weighted by atomic mass is 9.56. The van der Waals surface area contributed by atoms with Gasteiger partial charge in [-0.15, -0.1) is 0 Å². The van der Waals surface area contributed by atoms with Crippen LogP contribution in [0.3, 0.4) is 0 Å². The van der Waals surface area contributed by atoms with Gasteiger partial charge >= 0.3 is 0 Å². The Morgan fingerprint density at radius 1 is 1.36 bits per heavy atom. The number of rotatable bonds is 6. The zero-order valence-corrected chi connectivity index (χ0v) is 10.6. The quantitative estimate of drug-likeness (QED) is 0.559. The second-order valence-electron chi connectivity index (χ2n) is 5.61. The summed E-state index contributed by atoms with van der Waals surface area (Å²) in [4.78, 5) is 0. The van der Waals surface area contributed by atoms with Crippen molar-refractivity contribution < 1.29 is 0 Å². The lowest BCUT2D eigenvalue weighted by Gasteiger charge is -2.49. The maximum atomic E-state index is 2.46. The molecule has 84 valence electrons. The summed E-state index contributed by atoms with van der Waals surface area (Å²) in [5.41, 5.74) is 0.743. The Morgan fingerprint density at radius 3 is 2.43 bits per heavy atom. The molecule has 0 bridgehead atoms. The lowest BCUT2D eigenvalue weighted by Crippen LogP contribution is -2.39. The fourth-order valence-corrected chi connectivity index (χ4v) is 3.16. The van der Waals surface area contributed by atoms with Gasteiger partial charge in [-0.25, -0.2) is 0 Å². The van der Waals surface area contributed by atoms with E-state index >= 15 is 0 Å². The summed E-state index contributed by atoms with van der Waals surface area (Å²) in [7, 11) is 0. The van der Waals surface area contributed by atoms with Crippen LogP contribution in [0.2, 0.25) is 0 Å². The molecule has 0 aromatic carbocycles. The van der Waals surface area contributed by atoms with Crippen LogP contribution in [0.1, 0.15) is 72.6 Å². The zero-order chi connectivity index (χ0) is 10.6. The molecule has 0 N–H and O–H groups in total. The van der Waals surface area contributed by atoms with E-state index in [-0.39, 0.29) is 0 Å². The first-order valence-electron chi connectivity index (χ1n) is 6.64. The summed E-state index contributed by atoms with van der Waals surface area (Å²) in [6.45, 7) is 9.61. The summed E-state index contributed by atoms with van der Waals surface area (Å²) in [5, 5.41) is 0. The van der Waals surface area contributed by atoms with E-state index in [4.69, 9.17) is 0 Å². The van der Waals surface area contributed by atoms with Gasteiger partial charge in [-0.2, -0.15) is 0 Å². The first-order valence-corrected chi connectivity index (χ1v) is 6.64. The summed E-state index contributed by atoms with van der Waals surface area (Å²) >= 11 is 0. The molecule has 0 aromatic rings. The van der Waals surface area contributed by atoms with Gasteiger partial charge in [0.15, 0.2) is 0 Å². The Hall–Kier alpha value is 0. The van der Waals surface area contributed by atoms with Crippen molar-refractivity contribution >= 4 is 0 Å². The highest BCUT2D eigenvalue weighted by Crippen LogP contribution is 2.53. The fourth-order valence-electron chi connectivity index (χ4n) is 3.16. The van der Waals surface area contributed by atoms with Crippen LogP contribution in [0, 0.1) is 17.3 Å². The fraction of sp³-hybridized carbons (Fsp3) is 1.00. The number of hydrogen-bond acceptors (Lipinski definition) is 0. The molecule has 0 aromatic heterocycles. The highest BCUT2D eigenvalue weighted by atomic mass is 14.5. The van der Waals surface area contributed by atoms with Crippen molar-refractivity contribution in [1.82, 2.24) is 0 Å². The molecular formula is C14H28. The zero-order valence-electron chi connectivity index (χ0n) is 10.6. The molecule has 1 saturated carbocycles. The van der Waals surface area contributed by atoms with E-state index in [2.05, 4.69) is 27.7 Å². The summed E-state index contributed by atoms with van der Waals surface area (Å²) in [5.74, 6) is 1.95. The van der Waals surface area contributed by atoms with Crippen LogP contribution < -0.4 is 0 Å². The normalized spacial score (nSPS) is 33.9. The Labute approximate surface area is 90.5 Å². The molecule has 14 heavy (non-hydrogen) atoms. The standard InChI is InChI=1S/C14H28/c1-5-7-8-12(3)11-14(6-2)10-9-13(14)4/h12-13H,5-11H2,1-4H3. The van der Waals surface area contributed by atoms with Gasteiger partial charge in [0, 0.05) is 0 Å². The number of unbranched alkanes of at least 4 members (excludes halogenated alkanes) is 1. The van der Waals surface area contributed by atoms with E-state index in [0.717, 1.165) is 17.3 Å². The van der Waals surface area contributed by atoms with E-state index in [1.54, 1.807) is 0 Å². The third-order valence-corrected chi connectivity index (χ3v) is 4.63. The molecule has 1 aliphatic rings. The maximum Gasteiger partial charge on any atom is -0.0272 e. The van der Waals surface area contributed by atoms with Gasteiger partial charge in [-0.3, -0.25) is 0 Å². The predicted molar refractivity (Wildman–Crippen MR) is 64.4 cm³/mol. The topological polar surface area (TPSA) is 0 Å². The number of hydrogen-bond donors (Lipinski definition) is 0. The predicted octanol–water partition coefficient (Wildman–Crippen LogP) is 5.03. The first kappa shape index (κ1) is 12.1.